The number of hydrogen-bond donors (Lipinski definition) is 1. The van der Waals surface area contributed by atoms with Crippen molar-refractivity contribution in [3.63, 3.8) is 0 Å². The quantitative estimate of drug-likeness (QED) is 0.470. The second-order valence-electron chi connectivity index (χ2n) is 5.67. The fourth-order valence-corrected chi connectivity index (χ4v) is 4.15. The molecule has 0 saturated carbocycles. The number of rotatable bonds is 6. The Morgan fingerprint density at radius 2 is 2.00 bits per heavy atom. The van der Waals surface area contributed by atoms with Crippen LogP contribution in [0, 0.1) is 10.1 Å². The number of nitrogens with zero attached hydrogens (tertiary/aromatic N) is 4. The Balaban J connectivity index is 1.85. The van der Waals surface area contributed by atoms with E-state index in [-0.39, 0.29) is 16.3 Å². The van der Waals surface area contributed by atoms with Gasteiger partial charge in [-0.1, -0.05) is 6.07 Å². The standard InChI is InChI=1S/C16H17N5O4S/c22-21(23)16-11-14(26(24,25)20-9-3-4-10-20)6-7-15(16)19-18-12-13-5-1-2-8-17-13/h1-2,5-8,11-12,19H,3-4,9-10H2/b18-12+. The molecule has 0 spiro atoms. The van der Waals surface area contributed by atoms with Crippen LogP contribution in [0.4, 0.5) is 11.4 Å². The van der Waals surface area contributed by atoms with Gasteiger partial charge in [-0.05, 0) is 37.1 Å². The van der Waals surface area contributed by atoms with Gasteiger partial charge in [0, 0.05) is 25.4 Å². The molecule has 136 valence electrons. The molecule has 0 amide bonds. The fourth-order valence-electron chi connectivity index (χ4n) is 2.62. The van der Waals surface area contributed by atoms with E-state index in [0.717, 1.165) is 18.9 Å². The molecule has 10 heteroatoms. The first-order valence-electron chi connectivity index (χ1n) is 7.97. The van der Waals surface area contributed by atoms with Crippen molar-refractivity contribution in [1.82, 2.24) is 9.29 Å². The summed E-state index contributed by atoms with van der Waals surface area (Å²) in [6, 6.07) is 9.03. The summed E-state index contributed by atoms with van der Waals surface area (Å²) in [5.41, 5.74) is 2.89. The maximum Gasteiger partial charge on any atom is 0.295 e. The van der Waals surface area contributed by atoms with Gasteiger partial charge < -0.3 is 0 Å². The zero-order chi connectivity index (χ0) is 18.6. The van der Waals surface area contributed by atoms with Crippen LogP contribution in [-0.2, 0) is 10.0 Å². The Bertz CT molecular complexity index is 925. The van der Waals surface area contributed by atoms with E-state index in [9.17, 15) is 18.5 Å². The van der Waals surface area contributed by atoms with Crippen LogP contribution in [0.1, 0.15) is 18.5 Å². The average Bonchev–Trinajstić information content (AvgIpc) is 3.18. The highest BCUT2D eigenvalue weighted by molar-refractivity contribution is 7.89. The van der Waals surface area contributed by atoms with Gasteiger partial charge in [0.15, 0.2) is 0 Å². The van der Waals surface area contributed by atoms with Crippen molar-refractivity contribution in [2.24, 2.45) is 5.10 Å². The zero-order valence-electron chi connectivity index (χ0n) is 13.8. The molecule has 1 aliphatic rings. The molecule has 1 N–H and O–H groups in total. The molecule has 1 fully saturated rings. The third kappa shape index (κ3) is 3.86. The Hall–Kier alpha value is -2.85. The first kappa shape index (κ1) is 18.0. The SMILES string of the molecule is O=[N+]([O-])c1cc(S(=O)(=O)N2CCCC2)ccc1N/N=C/c1ccccn1. The normalized spacial score (nSPS) is 15.4. The Morgan fingerprint density at radius 1 is 1.23 bits per heavy atom. The van der Waals surface area contributed by atoms with Gasteiger partial charge in [0.2, 0.25) is 10.0 Å². The van der Waals surface area contributed by atoms with Crippen molar-refractivity contribution in [3.05, 3.63) is 58.4 Å². The lowest BCUT2D eigenvalue weighted by Crippen LogP contribution is -2.27. The molecule has 0 bridgehead atoms. The molecular formula is C16H17N5O4S. The van der Waals surface area contributed by atoms with E-state index in [1.807, 2.05) is 0 Å². The summed E-state index contributed by atoms with van der Waals surface area (Å²) < 4.78 is 26.5. The minimum absolute atomic E-state index is 0.0923. The second kappa shape index (κ2) is 7.58. The van der Waals surface area contributed by atoms with Crippen molar-refractivity contribution < 1.29 is 13.3 Å². The average molecular weight is 375 g/mol. The lowest BCUT2D eigenvalue weighted by atomic mass is 10.3. The topological polar surface area (TPSA) is 118 Å². The van der Waals surface area contributed by atoms with Crippen LogP contribution in [0.25, 0.3) is 0 Å². The highest BCUT2D eigenvalue weighted by atomic mass is 32.2. The van der Waals surface area contributed by atoms with Gasteiger partial charge in [-0.2, -0.15) is 9.41 Å². The van der Waals surface area contributed by atoms with E-state index >= 15 is 0 Å². The Morgan fingerprint density at radius 3 is 2.65 bits per heavy atom. The summed E-state index contributed by atoms with van der Waals surface area (Å²) >= 11 is 0. The molecule has 2 heterocycles. The van der Waals surface area contributed by atoms with Crippen molar-refractivity contribution in [2.45, 2.75) is 17.7 Å². The minimum Gasteiger partial charge on any atom is -0.272 e. The summed E-state index contributed by atoms with van der Waals surface area (Å²) in [6.45, 7) is 0.870. The van der Waals surface area contributed by atoms with Gasteiger partial charge in [-0.15, -0.1) is 0 Å². The van der Waals surface area contributed by atoms with Crippen LogP contribution in [0.5, 0.6) is 0 Å². The van der Waals surface area contributed by atoms with E-state index in [1.54, 1.807) is 24.4 Å². The molecule has 1 aliphatic heterocycles. The monoisotopic (exact) mass is 375 g/mol. The van der Waals surface area contributed by atoms with Crippen LogP contribution in [0.2, 0.25) is 0 Å². The lowest BCUT2D eigenvalue weighted by Gasteiger charge is -2.15. The number of nitro benzene ring substituents is 1. The molecule has 9 nitrogen and oxygen atoms in total. The number of aromatic nitrogens is 1. The van der Waals surface area contributed by atoms with Gasteiger partial charge >= 0.3 is 0 Å². The van der Waals surface area contributed by atoms with Gasteiger partial charge in [0.25, 0.3) is 5.69 Å². The van der Waals surface area contributed by atoms with Gasteiger partial charge in [-0.25, -0.2) is 8.42 Å². The molecule has 0 radical (unpaired) electrons. The van der Waals surface area contributed by atoms with Crippen molar-refractivity contribution in [2.75, 3.05) is 18.5 Å². The van der Waals surface area contributed by atoms with Gasteiger partial charge in [0.1, 0.15) is 5.69 Å². The van der Waals surface area contributed by atoms with E-state index < -0.39 is 14.9 Å². The molecule has 0 aliphatic carbocycles. The second-order valence-corrected chi connectivity index (χ2v) is 7.61. The van der Waals surface area contributed by atoms with E-state index in [2.05, 4.69) is 15.5 Å². The van der Waals surface area contributed by atoms with Crippen LogP contribution in [0.15, 0.2) is 52.6 Å². The fraction of sp³-hybridized carbons (Fsp3) is 0.250. The third-order valence-electron chi connectivity index (χ3n) is 3.94. The molecule has 1 saturated heterocycles. The number of hydrazone groups is 1. The molecule has 2 aromatic rings. The summed E-state index contributed by atoms with van der Waals surface area (Å²) in [6.07, 6.45) is 4.60. The molecule has 26 heavy (non-hydrogen) atoms. The molecule has 1 aromatic heterocycles. The first-order valence-corrected chi connectivity index (χ1v) is 9.41. The van der Waals surface area contributed by atoms with Crippen LogP contribution in [0.3, 0.4) is 0 Å². The Kier molecular flexibility index (Phi) is 5.24. The number of nitro groups is 1. The molecule has 3 rings (SSSR count). The van der Waals surface area contributed by atoms with E-state index in [1.165, 1.54) is 22.7 Å². The summed E-state index contributed by atoms with van der Waals surface area (Å²) in [5, 5.41) is 15.3. The number of sulfonamides is 1. The van der Waals surface area contributed by atoms with Crippen LogP contribution >= 0.6 is 0 Å². The van der Waals surface area contributed by atoms with E-state index in [0.29, 0.717) is 18.8 Å². The minimum atomic E-state index is -3.72. The maximum absolute atomic E-state index is 12.6. The smallest absolute Gasteiger partial charge is 0.272 e. The van der Waals surface area contributed by atoms with E-state index in [4.69, 9.17) is 0 Å². The third-order valence-corrected chi connectivity index (χ3v) is 5.83. The summed E-state index contributed by atoms with van der Waals surface area (Å²) in [4.78, 5) is 14.7. The van der Waals surface area contributed by atoms with Gasteiger partial charge in [-0.3, -0.25) is 20.5 Å². The number of pyridine rings is 1. The highest BCUT2D eigenvalue weighted by Gasteiger charge is 2.29. The predicted molar refractivity (Wildman–Crippen MR) is 96.5 cm³/mol. The van der Waals surface area contributed by atoms with Crippen molar-refractivity contribution in [1.29, 1.82) is 0 Å². The summed E-state index contributed by atoms with van der Waals surface area (Å²) in [5.74, 6) is 0. The molecular weight excluding hydrogens is 358 g/mol. The largest absolute Gasteiger partial charge is 0.295 e. The molecule has 0 unspecified atom stereocenters. The van der Waals surface area contributed by atoms with Gasteiger partial charge in [0.05, 0.1) is 21.7 Å². The van der Waals surface area contributed by atoms with Crippen LogP contribution in [-0.4, -0.2) is 41.9 Å². The molecule has 1 aromatic carbocycles. The Labute approximate surface area is 150 Å². The zero-order valence-corrected chi connectivity index (χ0v) is 14.6. The van der Waals surface area contributed by atoms with Crippen LogP contribution < -0.4 is 5.43 Å². The highest BCUT2D eigenvalue weighted by Crippen LogP contribution is 2.30. The summed E-state index contributed by atoms with van der Waals surface area (Å²) in [7, 11) is -3.72. The van der Waals surface area contributed by atoms with Crippen molar-refractivity contribution >= 4 is 27.6 Å². The first-order chi connectivity index (χ1) is 12.5. The number of anilines is 1. The lowest BCUT2D eigenvalue weighted by molar-refractivity contribution is -0.384. The number of nitrogens with one attached hydrogen (secondary N) is 1. The predicted octanol–water partition coefficient (Wildman–Crippen LogP) is 2.22. The molecule has 0 atom stereocenters. The maximum atomic E-state index is 12.6. The number of benzene rings is 1. The number of hydrogen-bond acceptors (Lipinski definition) is 7. The van der Waals surface area contributed by atoms with Crippen molar-refractivity contribution in [3.8, 4) is 0 Å².